The molecule has 0 fully saturated rings. The molecule has 4 heteroatoms. The van der Waals surface area contributed by atoms with Crippen molar-refractivity contribution in [3.05, 3.63) is 156 Å². The lowest BCUT2D eigenvalue weighted by atomic mass is 9.98. The first-order valence-corrected chi connectivity index (χ1v) is 13.8. The number of para-hydroxylation sites is 1. The second-order valence-electron chi connectivity index (χ2n) is 10.1. The smallest absolute Gasteiger partial charge is 0.0619 e. The van der Waals surface area contributed by atoms with Crippen LogP contribution >= 0.6 is 0 Å². The molecule has 0 spiro atoms. The first-order valence-electron chi connectivity index (χ1n) is 13.8. The van der Waals surface area contributed by atoms with Gasteiger partial charge < -0.3 is 21.0 Å². The molecule has 200 valence electrons. The zero-order valence-corrected chi connectivity index (χ0v) is 22.8. The van der Waals surface area contributed by atoms with Crippen LogP contribution in [0.1, 0.15) is 11.1 Å². The molecule has 4 N–H and O–H groups in total. The maximum Gasteiger partial charge on any atom is 0.0619 e. The minimum Gasteiger partial charge on any atom is -0.405 e. The standard InChI is InChI=1S/C37H32N4/c1-2-9-29(24-39)30-16-20-35(40-25-30)28-15-18-32-27(23-28)14-19-34-33-17-13-26(10-5-4-8-21-38)22-36(33)41(37(32)34)31-11-6-3-7-12-31/h2-9,11-24,39-40H,1,10,25,38H2/b5-4-,21-8-,29-9+,39-24?. The summed E-state index contributed by atoms with van der Waals surface area (Å²) in [7, 11) is 0. The lowest BCUT2D eigenvalue weighted by molar-refractivity contribution is 0.957. The fourth-order valence-electron chi connectivity index (χ4n) is 5.63. The van der Waals surface area contributed by atoms with Gasteiger partial charge in [0.05, 0.1) is 11.0 Å². The molecule has 0 saturated heterocycles. The number of aromatic nitrogens is 1. The van der Waals surface area contributed by atoms with Gasteiger partial charge in [0.15, 0.2) is 0 Å². The van der Waals surface area contributed by atoms with E-state index in [4.69, 9.17) is 11.1 Å². The SMILES string of the molecule is C=C/C=C(\C=N)C1=CC=C(c2ccc3c(ccc4c5ccc(C/C=C\C=C/N)cc5n(-c5ccccc5)c34)c2)NC1. The Bertz CT molecular complexity index is 1950. The number of dihydropyridines is 1. The lowest BCUT2D eigenvalue weighted by Crippen LogP contribution is -2.20. The molecule has 4 aromatic carbocycles. The van der Waals surface area contributed by atoms with Crippen LogP contribution in [-0.2, 0) is 6.42 Å². The van der Waals surface area contributed by atoms with Gasteiger partial charge in [0, 0.05) is 40.3 Å². The summed E-state index contributed by atoms with van der Waals surface area (Å²) in [6.45, 7) is 4.43. The van der Waals surface area contributed by atoms with Gasteiger partial charge in [-0.05, 0) is 76.7 Å². The molecule has 0 saturated carbocycles. The Labute approximate surface area is 240 Å². The van der Waals surface area contributed by atoms with Crippen molar-refractivity contribution in [3.8, 4) is 5.69 Å². The molecule has 6 rings (SSSR count). The number of benzene rings is 4. The summed E-state index contributed by atoms with van der Waals surface area (Å²) in [5, 5.41) is 16.1. The minimum absolute atomic E-state index is 0.667. The Morgan fingerprint density at radius 3 is 2.51 bits per heavy atom. The molecule has 1 aliphatic rings. The van der Waals surface area contributed by atoms with E-state index in [1.807, 2.05) is 18.2 Å². The van der Waals surface area contributed by atoms with Crippen LogP contribution in [-0.4, -0.2) is 17.3 Å². The fourth-order valence-corrected chi connectivity index (χ4v) is 5.63. The number of nitrogens with zero attached hydrogens (tertiary/aromatic N) is 1. The largest absolute Gasteiger partial charge is 0.405 e. The first-order chi connectivity index (χ1) is 20.2. The van der Waals surface area contributed by atoms with Gasteiger partial charge in [-0.1, -0.05) is 91.6 Å². The van der Waals surface area contributed by atoms with E-state index in [-0.39, 0.29) is 0 Å². The summed E-state index contributed by atoms with van der Waals surface area (Å²) in [6, 6.07) is 28.6. The third-order valence-electron chi connectivity index (χ3n) is 7.59. The van der Waals surface area contributed by atoms with Crippen molar-refractivity contribution in [1.29, 1.82) is 5.41 Å². The molecule has 1 aliphatic heterocycles. The van der Waals surface area contributed by atoms with Gasteiger partial charge in [0.1, 0.15) is 0 Å². The van der Waals surface area contributed by atoms with Gasteiger partial charge in [0.2, 0.25) is 0 Å². The predicted molar refractivity (Wildman–Crippen MR) is 176 cm³/mol. The Morgan fingerprint density at radius 2 is 1.76 bits per heavy atom. The molecule has 4 nitrogen and oxygen atoms in total. The maximum absolute atomic E-state index is 7.70. The second-order valence-corrected chi connectivity index (χ2v) is 10.1. The minimum atomic E-state index is 0.667. The van der Waals surface area contributed by atoms with Crippen molar-refractivity contribution < 1.29 is 0 Å². The van der Waals surface area contributed by atoms with Crippen molar-refractivity contribution in [2.45, 2.75) is 6.42 Å². The summed E-state index contributed by atoms with van der Waals surface area (Å²) < 4.78 is 2.40. The van der Waals surface area contributed by atoms with Crippen molar-refractivity contribution >= 4 is 44.5 Å². The van der Waals surface area contributed by atoms with Crippen LogP contribution in [0.25, 0.3) is 44.0 Å². The van der Waals surface area contributed by atoms with E-state index < -0.39 is 0 Å². The highest BCUT2D eigenvalue weighted by atomic mass is 15.0. The number of rotatable bonds is 8. The van der Waals surface area contributed by atoms with E-state index in [0.717, 1.165) is 34.5 Å². The van der Waals surface area contributed by atoms with Crippen LogP contribution in [0, 0.1) is 5.41 Å². The molecule has 0 bridgehead atoms. The topological polar surface area (TPSA) is 66.8 Å². The van der Waals surface area contributed by atoms with Crippen LogP contribution in [0.15, 0.2) is 145 Å². The number of nitrogens with two attached hydrogens (primary N) is 1. The number of nitrogens with one attached hydrogen (secondary N) is 2. The summed E-state index contributed by atoms with van der Waals surface area (Å²) in [5.41, 5.74) is 14.4. The summed E-state index contributed by atoms with van der Waals surface area (Å²) >= 11 is 0. The molecule has 0 unspecified atom stereocenters. The average molecular weight is 533 g/mol. The van der Waals surface area contributed by atoms with E-state index in [2.05, 4.69) is 114 Å². The number of fused-ring (bicyclic) bond motifs is 5. The van der Waals surface area contributed by atoms with Crippen LogP contribution in [0.4, 0.5) is 0 Å². The Kier molecular flexibility index (Phi) is 7.21. The molecule has 2 heterocycles. The van der Waals surface area contributed by atoms with E-state index >= 15 is 0 Å². The maximum atomic E-state index is 7.70. The molecule has 0 radical (unpaired) electrons. The zero-order valence-electron chi connectivity index (χ0n) is 22.8. The molecule has 5 aromatic rings. The van der Waals surface area contributed by atoms with Crippen LogP contribution in [0.5, 0.6) is 0 Å². The predicted octanol–water partition coefficient (Wildman–Crippen LogP) is 8.14. The highest BCUT2D eigenvalue weighted by Crippen LogP contribution is 2.38. The highest BCUT2D eigenvalue weighted by molar-refractivity contribution is 6.19. The second kappa shape index (κ2) is 11.4. The van der Waals surface area contributed by atoms with E-state index in [1.54, 1.807) is 12.3 Å². The van der Waals surface area contributed by atoms with Crippen molar-refractivity contribution in [2.75, 3.05) is 6.54 Å². The van der Waals surface area contributed by atoms with Gasteiger partial charge >= 0.3 is 0 Å². The quantitative estimate of drug-likeness (QED) is 0.139. The fraction of sp³-hybridized carbons (Fsp3) is 0.0541. The normalized spacial score (nSPS) is 14.1. The average Bonchev–Trinajstić information content (AvgIpc) is 3.36. The van der Waals surface area contributed by atoms with Crippen LogP contribution in [0.2, 0.25) is 0 Å². The van der Waals surface area contributed by atoms with Gasteiger partial charge in [0.25, 0.3) is 0 Å². The summed E-state index contributed by atoms with van der Waals surface area (Å²) in [5.74, 6) is 0. The molecule has 0 amide bonds. The van der Waals surface area contributed by atoms with E-state index in [0.29, 0.717) is 6.54 Å². The lowest BCUT2D eigenvalue weighted by Gasteiger charge is -2.18. The van der Waals surface area contributed by atoms with Crippen molar-refractivity contribution in [3.63, 3.8) is 0 Å². The number of allylic oxidation sites excluding steroid dienone is 7. The third kappa shape index (κ3) is 4.92. The van der Waals surface area contributed by atoms with Crippen molar-refractivity contribution in [1.82, 2.24) is 9.88 Å². The monoisotopic (exact) mass is 532 g/mol. The van der Waals surface area contributed by atoms with Gasteiger partial charge in [-0.25, -0.2) is 0 Å². The third-order valence-corrected chi connectivity index (χ3v) is 7.59. The Hall–Kier alpha value is -5.35. The number of hydrogen-bond donors (Lipinski definition) is 3. The van der Waals surface area contributed by atoms with E-state index in [9.17, 15) is 0 Å². The molecule has 0 aliphatic carbocycles. The van der Waals surface area contributed by atoms with E-state index in [1.165, 1.54) is 44.4 Å². The Balaban J connectivity index is 1.50. The van der Waals surface area contributed by atoms with Gasteiger partial charge in [-0.15, -0.1) is 0 Å². The van der Waals surface area contributed by atoms with Crippen LogP contribution in [0.3, 0.4) is 0 Å². The van der Waals surface area contributed by atoms with Crippen molar-refractivity contribution in [2.24, 2.45) is 5.73 Å². The van der Waals surface area contributed by atoms with Gasteiger partial charge in [-0.3, -0.25) is 0 Å². The summed E-state index contributed by atoms with van der Waals surface area (Å²) in [6.07, 6.45) is 17.5. The van der Waals surface area contributed by atoms with Gasteiger partial charge in [-0.2, -0.15) is 0 Å². The molecule has 0 atom stereocenters. The zero-order chi connectivity index (χ0) is 28.2. The first kappa shape index (κ1) is 25.9. The molecule has 1 aromatic heterocycles. The highest BCUT2D eigenvalue weighted by Gasteiger charge is 2.17. The Morgan fingerprint density at radius 1 is 0.927 bits per heavy atom. The van der Waals surface area contributed by atoms with Crippen LogP contribution < -0.4 is 11.1 Å². The summed E-state index contributed by atoms with van der Waals surface area (Å²) in [4.78, 5) is 0. The molecular weight excluding hydrogens is 500 g/mol. The molecular formula is C37H32N4. The number of hydrogen-bond acceptors (Lipinski definition) is 3. The molecule has 41 heavy (non-hydrogen) atoms.